The van der Waals surface area contributed by atoms with Crippen molar-refractivity contribution in [3.8, 4) is 5.75 Å². The zero-order valence-corrected chi connectivity index (χ0v) is 23.4. The molecule has 1 atom stereocenters. The van der Waals surface area contributed by atoms with Crippen molar-refractivity contribution in [2.45, 2.75) is 69.1 Å². The standard InChI is InChI=1S/C29H43N3O4S/c1-31(2)25-20-30-24-9-8-21(36-3)18-23(24)28(25)26(33)10-11-29(19-27(34)35)12-14-32(15-13-29)16-17-37-22-6-4-5-7-22/h8-9,18,20,22,26,33H,4-7,10-17,19H2,1-3H3,(H,34,35). The van der Waals surface area contributed by atoms with Crippen molar-refractivity contribution in [2.24, 2.45) is 5.41 Å². The van der Waals surface area contributed by atoms with Gasteiger partial charge in [0.2, 0.25) is 0 Å². The molecule has 0 spiro atoms. The molecule has 7 nitrogen and oxygen atoms in total. The maximum absolute atomic E-state index is 11.9. The van der Waals surface area contributed by atoms with E-state index in [0.29, 0.717) is 12.8 Å². The molecule has 1 aromatic carbocycles. The van der Waals surface area contributed by atoms with Gasteiger partial charge in [-0.2, -0.15) is 11.8 Å². The molecular weight excluding hydrogens is 486 g/mol. The van der Waals surface area contributed by atoms with E-state index in [2.05, 4.69) is 21.6 Å². The number of likely N-dealkylation sites (tertiary alicyclic amines) is 1. The minimum Gasteiger partial charge on any atom is -0.497 e. The molecule has 1 aliphatic heterocycles. The van der Waals surface area contributed by atoms with Crippen molar-refractivity contribution in [3.05, 3.63) is 30.0 Å². The molecular formula is C29H43N3O4S. The molecule has 1 aliphatic carbocycles. The Balaban J connectivity index is 1.44. The molecule has 4 rings (SSSR count). The number of aliphatic carboxylic acids is 1. The quantitative estimate of drug-likeness (QED) is 0.380. The number of fused-ring (bicyclic) bond motifs is 1. The van der Waals surface area contributed by atoms with E-state index in [-0.39, 0.29) is 11.8 Å². The Morgan fingerprint density at radius 2 is 2.00 bits per heavy atom. The predicted octanol–water partition coefficient (Wildman–Crippen LogP) is 5.36. The number of pyridine rings is 1. The molecule has 8 heteroatoms. The number of carboxylic acids is 1. The van der Waals surface area contributed by atoms with Gasteiger partial charge < -0.3 is 24.7 Å². The van der Waals surface area contributed by atoms with Gasteiger partial charge in [0, 0.05) is 42.6 Å². The van der Waals surface area contributed by atoms with Gasteiger partial charge in [-0.15, -0.1) is 0 Å². The molecule has 0 amide bonds. The summed E-state index contributed by atoms with van der Waals surface area (Å²) in [4.78, 5) is 20.9. The van der Waals surface area contributed by atoms with Gasteiger partial charge in [0.25, 0.3) is 0 Å². The summed E-state index contributed by atoms with van der Waals surface area (Å²) in [5, 5.41) is 23.0. The van der Waals surface area contributed by atoms with E-state index in [1.165, 1.54) is 31.4 Å². The number of carbonyl (C=O) groups is 1. The van der Waals surface area contributed by atoms with Crippen LogP contribution < -0.4 is 9.64 Å². The summed E-state index contributed by atoms with van der Waals surface area (Å²) in [6.45, 7) is 2.96. The van der Waals surface area contributed by atoms with E-state index < -0.39 is 12.1 Å². The predicted molar refractivity (Wildman–Crippen MR) is 152 cm³/mol. The van der Waals surface area contributed by atoms with E-state index >= 15 is 0 Å². The van der Waals surface area contributed by atoms with Crippen LogP contribution in [0.15, 0.2) is 24.4 Å². The van der Waals surface area contributed by atoms with E-state index in [1.54, 1.807) is 7.11 Å². The number of hydrogen-bond acceptors (Lipinski definition) is 7. The second kappa shape index (κ2) is 12.7. The summed E-state index contributed by atoms with van der Waals surface area (Å²) >= 11 is 2.12. The monoisotopic (exact) mass is 529 g/mol. The van der Waals surface area contributed by atoms with Crippen molar-refractivity contribution in [2.75, 3.05) is 51.5 Å². The fourth-order valence-electron chi connectivity index (χ4n) is 6.09. The first kappa shape index (κ1) is 28.0. The summed E-state index contributed by atoms with van der Waals surface area (Å²) < 4.78 is 5.44. The Hall–Kier alpha value is -2.03. The number of hydrogen-bond donors (Lipinski definition) is 2. The number of nitrogens with zero attached hydrogens (tertiary/aromatic N) is 3. The third kappa shape index (κ3) is 7.09. The number of methoxy groups -OCH3 is 1. The lowest BCUT2D eigenvalue weighted by atomic mass is 9.71. The molecule has 0 radical (unpaired) electrons. The van der Waals surface area contributed by atoms with Gasteiger partial charge in [-0.05, 0) is 75.2 Å². The van der Waals surface area contributed by atoms with Crippen molar-refractivity contribution in [1.82, 2.24) is 9.88 Å². The van der Waals surface area contributed by atoms with Crippen molar-refractivity contribution < 1.29 is 19.7 Å². The Morgan fingerprint density at radius 1 is 1.27 bits per heavy atom. The van der Waals surface area contributed by atoms with Crippen LogP contribution in [0.2, 0.25) is 0 Å². The number of benzene rings is 1. The van der Waals surface area contributed by atoms with Crippen LogP contribution in [0, 0.1) is 5.41 Å². The summed E-state index contributed by atoms with van der Waals surface area (Å²) in [5.41, 5.74) is 2.24. The fourth-order valence-corrected chi connectivity index (χ4v) is 7.46. The van der Waals surface area contributed by atoms with Gasteiger partial charge in [0.05, 0.1) is 37.0 Å². The first-order valence-corrected chi connectivity index (χ1v) is 14.7. The summed E-state index contributed by atoms with van der Waals surface area (Å²) in [6.07, 6.45) is 9.67. The van der Waals surface area contributed by atoms with Crippen LogP contribution in [0.1, 0.15) is 69.5 Å². The van der Waals surface area contributed by atoms with Crippen LogP contribution >= 0.6 is 11.8 Å². The van der Waals surface area contributed by atoms with Crippen molar-refractivity contribution >= 4 is 34.3 Å². The molecule has 2 aromatic rings. The van der Waals surface area contributed by atoms with Gasteiger partial charge >= 0.3 is 5.97 Å². The Morgan fingerprint density at radius 3 is 2.65 bits per heavy atom. The number of ether oxygens (including phenoxy) is 1. The summed E-state index contributed by atoms with van der Waals surface area (Å²) in [7, 11) is 5.54. The maximum atomic E-state index is 11.9. The van der Waals surface area contributed by atoms with Crippen LogP contribution in [-0.4, -0.2) is 77.9 Å². The number of aliphatic hydroxyl groups excluding tert-OH is 1. The molecule has 1 aromatic heterocycles. The smallest absolute Gasteiger partial charge is 0.303 e. The number of piperidine rings is 1. The lowest BCUT2D eigenvalue weighted by Gasteiger charge is -2.42. The molecule has 2 N–H and O–H groups in total. The molecule has 1 unspecified atom stereocenters. The Labute approximate surface area is 225 Å². The summed E-state index contributed by atoms with van der Waals surface area (Å²) in [5.74, 6) is 1.15. The van der Waals surface area contributed by atoms with Crippen molar-refractivity contribution in [1.29, 1.82) is 0 Å². The molecule has 2 fully saturated rings. The van der Waals surface area contributed by atoms with Crippen molar-refractivity contribution in [3.63, 3.8) is 0 Å². The topological polar surface area (TPSA) is 86.1 Å². The Kier molecular flexibility index (Phi) is 9.59. The van der Waals surface area contributed by atoms with Crippen LogP contribution in [0.5, 0.6) is 5.75 Å². The minimum atomic E-state index is -0.743. The molecule has 1 saturated carbocycles. The fraction of sp³-hybridized carbons (Fsp3) is 0.655. The highest BCUT2D eigenvalue weighted by molar-refractivity contribution is 7.99. The largest absolute Gasteiger partial charge is 0.497 e. The lowest BCUT2D eigenvalue weighted by Crippen LogP contribution is -2.42. The lowest BCUT2D eigenvalue weighted by molar-refractivity contribution is -0.141. The molecule has 1 saturated heterocycles. The molecule has 37 heavy (non-hydrogen) atoms. The molecule has 2 aliphatic rings. The van der Waals surface area contributed by atoms with Gasteiger partial charge in [0.1, 0.15) is 5.75 Å². The molecule has 204 valence electrons. The number of anilines is 1. The van der Waals surface area contributed by atoms with Crippen LogP contribution in [-0.2, 0) is 4.79 Å². The second-order valence-electron chi connectivity index (χ2n) is 11.1. The summed E-state index contributed by atoms with van der Waals surface area (Å²) in [6, 6.07) is 5.72. The maximum Gasteiger partial charge on any atom is 0.303 e. The highest BCUT2D eigenvalue weighted by Gasteiger charge is 2.37. The average molecular weight is 530 g/mol. The average Bonchev–Trinajstić information content (AvgIpc) is 3.40. The van der Waals surface area contributed by atoms with Gasteiger partial charge in [-0.3, -0.25) is 9.78 Å². The van der Waals surface area contributed by atoms with E-state index in [0.717, 1.165) is 65.6 Å². The van der Waals surface area contributed by atoms with Crippen LogP contribution in [0.25, 0.3) is 10.9 Å². The number of rotatable bonds is 12. The first-order valence-electron chi connectivity index (χ1n) is 13.7. The third-order valence-electron chi connectivity index (χ3n) is 8.37. The molecule has 0 bridgehead atoms. The normalized spacial score (nSPS) is 19.2. The number of thioether (sulfide) groups is 1. The van der Waals surface area contributed by atoms with Gasteiger partial charge in [-0.25, -0.2) is 0 Å². The number of carboxylic acid groups (broad SMARTS) is 1. The number of aliphatic hydroxyl groups is 1. The Bertz CT molecular complexity index is 1050. The van der Waals surface area contributed by atoms with Gasteiger partial charge in [-0.1, -0.05) is 12.8 Å². The third-order valence-corrected chi connectivity index (χ3v) is 9.73. The SMILES string of the molecule is COc1ccc2ncc(N(C)C)c(C(O)CCC3(CC(=O)O)CCN(CCSC4CCCC4)CC3)c2c1. The first-order chi connectivity index (χ1) is 17.8. The highest BCUT2D eigenvalue weighted by Crippen LogP contribution is 2.43. The zero-order chi connectivity index (χ0) is 26.4. The van der Waals surface area contributed by atoms with Crippen LogP contribution in [0.4, 0.5) is 5.69 Å². The van der Waals surface area contributed by atoms with Gasteiger partial charge in [0.15, 0.2) is 0 Å². The highest BCUT2D eigenvalue weighted by atomic mass is 32.2. The van der Waals surface area contributed by atoms with E-state index in [1.807, 2.05) is 43.4 Å². The number of aromatic nitrogens is 1. The second-order valence-corrected chi connectivity index (χ2v) is 12.5. The molecule has 2 heterocycles. The zero-order valence-electron chi connectivity index (χ0n) is 22.6. The van der Waals surface area contributed by atoms with E-state index in [4.69, 9.17) is 4.74 Å². The minimum absolute atomic E-state index is 0.163. The van der Waals surface area contributed by atoms with E-state index in [9.17, 15) is 15.0 Å². The van der Waals surface area contributed by atoms with Crippen LogP contribution in [0.3, 0.4) is 0 Å².